The van der Waals surface area contributed by atoms with Gasteiger partial charge in [-0.25, -0.2) is 0 Å². The summed E-state index contributed by atoms with van der Waals surface area (Å²) in [4.78, 5) is 24.2. The van der Waals surface area contributed by atoms with Gasteiger partial charge in [0, 0.05) is 30.3 Å². The van der Waals surface area contributed by atoms with Gasteiger partial charge in [0.05, 0.1) is 0 Å². The molecule has 26 heavy (non-hydrogen) atoms. The number of carbonyl (C=O) groups excluding carboxylic acids is 2. The number of nitrogens with one attached hydrogen (secondary N) is 3. The van der Waals surface area contributed by atoms with Crippen LogP contribution in [0, 0.1) is 12.8 Å². The molecule has 2 aromatic carbocycles. The quantitative estimate of drug-likeness (QED) is 0.696. The Morgan fingerprint density at radius 1 is 1.08 bits per heavy atom. The van der Waals surface area contributed by atoms with E-state index in [2.05, 4.69) is 16.0 Å². The number of hydrogen-bond donors (Lipinski definition) is 3. The third kappa shape index (κ3) is 6.50. The molecule has 0 aliphatic carbocycles. The smallest absolute Gasteiger partial charge is 0.255 e. The van der Waals surface area contributed by atoms with Crippen LogP contribution in [0.1, 0.15) is 28.4 Å². The van der Waals surface area contributed by atoms with Crippen LogP contribution in [-0.2, 0) is 11.3 Å². The molecule has 5 nitrogen and oxygen atoms in total. The van der Waals surface area contributed by atoms with Crippen molar-refractivity contribution in [3.63, 3.8) is 0 Å². The van der Waals surface area contributed by atoms with Gasteiger partial charge in [0.15, 0.2) is 0 Å². The Morgan fingerprint density at radius 3 is 2.42 bits per heavy atom. The number of carbonyl (C=O) groups is 2. The lowest BCUT2D eigenvalue weighted by molar-refractivity contribution is -0.124. The molecule has 3 N–H and O–H groups in total. The molecule has 0 aromatic heterocycles. The Hall–Kier alpha value is -2.37. The largest absolute Gasteiger partial charge is 0.352 e. The maximum Gasteiger partial charge on any atom is 0.255 e. The summed E-state index contributed by atoms with van der Waals surface area (Å²) >= 11 is 0. The van der Waals surface area contributed by atoms with Gasteiger partial charge >= 0.3 is 0 Å². The highest BCUT2D eigenvalue weighted by Crippen LogP contribution is 2.13. The molecular formula is C20H26ClN3O2. The summed E-state index contributed by atoms with van der Waals surface area (Å²) in [5, 5.41) is 8.79. The predicted octanol–water partition coefficient (Wildman–Crippen LogP) is 3.14. The van der Waals surface area contributed by atoms with E-state index >= 15 is 0 Å². The first-order chi connectivity index (χ1) is 12.0. The van der Waals surface area contributed by atoms with Gasteiger partial charge in [0.25, 0.3) is 5.91 Å². The zero-order chi connectivity index (χ0) is 18.2. The summed E-state index contributed by atoms with van der Waals surface area (Å²) in [6.45, 7) is 4.93. The zero-order valence-corrected chi connectivity index (χ0v) is 16.2. The molecule has 0 saturated carbocycles. The van der Waals surface area contributed by atoms with Gasteiger partial charge in [-0.15, -0.1) is 12.4 Å². The van der Waals surface area contributed by atoms with Crippen LogP contribution in [0.2, 0.25) is 0 Å². The molecule has 1 unspecified atom stereocenters. The lowest BCUT2D eigenvalue weighted by atomic mass is 10.1. The number of aryl methyl sites for hydroxylation is 1. The molecule has 0 aliphatic rings. The van der Waals surface area contributed by atoms with Gasteiger partial charge in [0.2, 0.25) is 5.91 Å². The zero-order valence-electron chi connectivity index (χ0n) is 15.3. The Bertz CT molecular complexity index is 732. The molecule has 0 heterocycles. The fraction of sp³-hybridized carbons (Fsp3) is 0.300. The van der Waals surface area contributed by atoms with Crippen LogP contribution in [0.25, 0.3) is 0 Å². The summed E-state index contributed by atoms with van der Waals surface area (Å²) in [6.07, 6.45) is 0. The summed E-state index contributed by atoms with van der Waals surface area (Å²) < 4.78 is 0. The van der Waals surface area contributed by atoms with Gasteiger partial charge in [-0.3, -0.25) is 9.59 Å². The molecule has 0 fully saturated rings. The average molecular weight is 376 g/mol. The molecule has 6 heteroatoms. The highest BCUT2D eigenvalue weighted by Gasteiger charge is 2.11. The van der Waals surface area contributed by atoms with Gasteiger partial charge in [-0.1, -0.05) is 36.8 Å². The Morgan fingerprint density at radius 2 is 1.77 bits per heavy atom. The third-order valence-corrected chi connectivity index (χ3v) is 3.92. The van der Waals surface area contributed by atoms with Crippen molar-refractivity contribution in [3.05, 3.63) is 65.2 Å². The lowest BCUT2D eigenvalue weighted by Crippen LogP contribution is -2.33. The van der Waals surface area contributed by atoms with Crippen molar-refractivity contribution < 1.29 is 9.59 Å². The number of halogens is 1. The summed E-state index contributed by atoms with van der Waals surface area (Å²) in [5.41, 5.74) is 3.37. The molecule has 0 radical (unpaired) electrons. The van der Waals surface area contributed by atoms with E-state index in [1.54, 1.807) is 12.1 Å². The van der Waals surface area contributed by atoms with Crippen molar-refractivity contribution in [2.75, 3.05) is 18.9 Å². The number of amides is 2. The Balaban J connectivity index is 0.00000338. The second-order valence-electron chi connectivity index (χ2n) is 6.20. The normalized spacial score (nSPS) is 11.2. The molecule has 2 amide bonds. The molecular weight excluding hydrogens is 350 g/mol. The second kappa shape index (κ2) is 10.6. The molecule has 0 bridgehead atoms. The monoisotopic (exact) mass is 375 g/mol. The maximum absolute atomic E-state index is 12.3. The van der Waals surface area contributed by atoms with Crippen molar-refractivity contribution in [2.24, 2.45) is 5.92 Å². The van der Waals surface area contributed by atoms with Gasteiger partial charge < -0.3 is 16.0 Å². The highest BCUT2D eigenvalue weighted by atomic mass is 35.5. The van der Waals surface area contributed by atoms with E-state index in [1.165, 1.54) is 0 Å². The van der Waals surface area contributed by atoms with Gasteiger partial charge in [-0.2, -0.15) is 0 Å². The molecule has 140 valence electrons. The highest BCUT2D eigenvalue weighted by molar-refractivity contribution is 6.04. The molecule has 0 aliphatic heterocycles. The fourth-order valence-corrected chi connectivity index (χ4v) is 2.43. The van der Waals surface area contributed by atoms with Crippen molar-refractivity contribution >= 4 is 29.9 Å². The van der Waals surface area contributed by atoms with Crippen LogP contribution < -0.4 is 16.0 Å². The van der Waals surface area contributed by atoms with Crippen LogP contribution in [0.3, 0.4) is 0 Å². The molecule has 0 saturated heterocycles. The molecule has 1 atom stereocenters. The first-order valence-corrected chi connectivity index (χ1v) is 8.39. The SMILES string of the molecule is CNCC(C)C(=O)NCc1cccc(NC(=O)c2ccc(C)cc2)c1.Cl. The van der Waals surface area contributed by atoms with Gasteiger partial charge in [-0.05, 0) is 43.8 Å². The maximum atomic E-state index is 12.3. The number of hydrogen-bond acceptors (Lipinski definition) is 3. The fourth-order valence-electron chi connectivity index (χ4n) is 2.43. The van der Waals surface area contributed by atoms with Crippen LogP contribution in [-0.4, -0.2) is 25.4 Å². The van der Waals surface area contributed by atoms with Crippen molar-refractivity contribution in [3.8, 4) is 0 Å². The average Bonchev–Trinajstić information content (AvgIpc) is 2.60. The number of anilines is 1. The Labute approximate surface area is 161 Å². The van der Waals surface area contributed by atoms with E-state index in [-0.39, 0.29) is 30.1 Å². The number of benzene rings is 2. The standard InChI is InChI=1S/C20H25N3O2.ClH/c1-14-7-9-17(10-8-14)20(25)23-18-6-4-5-16(11-18)13-22-19(24)15(2)12-21-3;/h4-11,15,21H,12-13H2,1-3H3,(H,22,24)(H,23,25);1H. The minimum atomic E-state index is -0.149. The van der Waals surface area contributed by atoms with Crippen molar-refractivity contribution in [1.29, 1.82) is 0 Å². The minimum Gasteiger partial charge on any atom is -0.352 e. The van der Waals surface area contributed by atoms with Gasteiger partial charge in [0.1, 0.15) is 0 Å². The lowest BCUT2D eigenvalue weighted by Gasteiger charge is -2.12. The molecule has 2 rings (SSSR count). The van der Waals surface area contributed by atoms with Crippen LogP contribution in [0.15, 0.2) is 48.5 Å². The molecule has 0 spiro atoms. The van der Waals surface area contributed by atoms with E-state index in [0.717, 1.165) is 11.1 Å². The van der Waals surface area contributed by atoms with E-state index in [4.69, 9.17) is 0 Å². The van der Waals surface area contributed by atoms with E-state index in [0.29, 0.717) is 24.3 Å². The minimum absolute atomic E-state index is 0. The number of rotatable bonds is 7. The Kier molecular flexibility index (Phi) is 8.82. The first kappa shape index (κ1) is 21.7. The topological polar surface area (TPSA) is 70.2 Å². The van der Waals surface area contributed by atoms with Crippen LogP contribution in [0.5, 0.6) is 0 Å². The summed E-state index contributed by atoms with van der Waals surface area (Å²) in [5.74, 6) is -0.235. The van der Waals surface area contributed by atoms with Crippen molar-refractivity contribution in [2.45, 2.75) is 20.4 Å². The third-order valence-electron chi connectivity index (χ3n) is 3.92. The second-order valence-corrected chi connectivity index (χ2v) is 6.20. The van der Waals surface area contributed by atoms with E-state index in [1.807, 2.05) is 57.3 Å². The first-order valence-electron chi connectivity index (χ1n) is 8.39. The molecule has 2 aromatic rings. The van der Waals surface area contributed by atoms with Crippen LogP contribution in [0.4, 0.5) is 5.69 Å². The van der Waals surface area contributed by atoms with E-state index in [9.17, 15) is 9.59 Å². The van der Waals surface area contributed by atoms with E-state index < -0.39 is 0 Å². The predicted molar refractivity (Wildman–Crippen MR) is 108 cm³/mol. The van der Waals surface area contributed by atoms with Crippen LogP contribution >= 0.6 is 12.4 Å². The van der Waals surface area contributed by atoms with Crippen molar-refractivity contribution in [1.82, 2.24) is 10.6 Å². The summed E-state index contributed by atoms with van der Waals surface area (Å²) in [7, 11) is 1.82. The summed E-state index contributed by atoms with van der Waals surface area (Å²) in [6, 6.07) is 14.9.